The van der Waals surface area contributed by atoms with Crippen LogP contribution >= 0.6 is 23.8 Å². The van der Waals surface area contributed by atoms with Crippen LogP contribution in [-0.4, -0.2) is 38.0 Å². The molecule has 110 valence electrons. The van der Waals surface area contributed by atoms with Gasteiger partial charge in [0.25, 0.3) is 0 Å². The van der Waals surface area contributed by atoms with Crippen molar-refractivity contribution in [3.8, 4) is 0 Å². The fourth-order valence-corrected chi connectivity index (χ4v) is 3.23. The van der Waals surface area contributed by atoms with E-state index in [0.29, 0.717) is 16.8 Å². The average molecular weight is 334 g/mol. The number of nitrogens with one attached hydrogen (secondary N) is 2. The van der Waals surface area contributed by atoms with Crippen LogP contribution in [0.4, 0.5) is 5.69 Å². The molecule has 0 radical (unpaired) electrons. The van der Waals surface area contributed by atoms with Gasteiger partial charge in [-0.15, -0.1) is 0 Å². The highest BCUT2D eigenvalue weighted by Crippen LogP contribution is 2.27. The molecule has 20 heavy (non-hydrogen) atoms. The van der Waals surface area contributed by atoms with Gasteiger partial charge in [-0.25, -0.2) is 12.7 Å². The second kappa shape index (κ2) is 5.85. The second-order valence-electron chi connectivity index (χ2n) is 4.81. The maximum absolute atomic E-state index is 12.1. The van der Waals surface area contributed by atoms with E-state index >= 15 is 0 Å². The average Bonchev–Trinajstić information content (AvgIpc) is 3.15. The van der Waals surface area contributed by atoms with Crippen molar-refractivity contribution in [3.63, 3.8) is 0 Å². The van der Waals surface area contributed by atoms with Crippen LogP contribution in [0.2, 0.25) is 5.02 Å². The number of hydrogen-bond donors (Lipinski definition) is 2. The van der Waals surface area contributed by atoms with Crippen molar-refractivity contribution >= 4 is 44.6 Å². The lowest BCUT2D eigenvalue weighted by Gasteiger charge is -2.15. The molecule has 0 saturated heterocycles. The van der Waals surface area contributed by atoms with Crippen LogP contribution in [0, 0.1) is 0 Å². The number of nitrogens with zero attached hydrogens (tertiary/aromatic N) is 1. The summed E-state index contributed by atoms with van der Waals surface area (Å²) in [5.74, 6) is 0. The Bertz CT molecular complexity index is 628. The molecule has 0 aromatic heterocycles. The van der Waals surface area contributed by atoms with Crippen LogP contribution in [0.15, 0.2) is 23.1 Å². The summed E-state index contributed by atoms with van der Waals surface area (Å²) in [4.78, 5) is 0.0587. The van der Waals surface area contributed by atoms with Crippen molar-refractivity contribution in [2.24, 2.45) is 0 Å². The lowest BCUT2D eigenvalue weighted by atomic mass is 10.3. The number of rotatable bonds is 4. The smallest absolute Gasteiger partial charge is 0.244 e. The molecule has 5 nitrogen and oxygen atoms in total. The van der Waals surface area contributed by atoms with Gasteiger partial charge >= 0.3 is 0 Å². The summed E-state index contributed by atoms with van der Waals surface area (Å²) < 4.78 is 25.4. The summed E-state index contributed by atoms with van der Waals surface area (Å²) in [7, 11) is -0.652. The number of benzene rings is 1. The minimum atomic E-state index is -3.58. The number of anilines is 1. The van der Waals surface area contributed by atoms with Crippen molar-refractivity contribution in [1.29, 1.82) is 0 Å². The van der Waals surface area contributed by atoms with Crippen LogP contribution in [0.5, 0.6) is 0 Å². The molecule has 2 rings (SSSR count). The summed E-state index contributed by atoms with van der Waals surface area (Å²) >= 11 is 11.1. The third-order valence-corrected chi connectivity index (χ3v) is 5.38. The van der Waals surface area contributed by atoms with E-state index in [1.807, 2.05) is 0 Å². The third kappa shape index (κ3) is 3.60. The molecule has 1 saturated carbocycles. The number of thiocarbonyl (C=S) groups is 1. The Morgan fingerprint density at radius 1 is 1.40 bits per heavy atom. The molecule has 0 heterocycles. The molecule has 1 aliphatic carbocycles. The minimum absolute atomic E-state index is 0.0587. The highest BCUT2D eigenvalue weighted by molar-refractivity contribution is 7.89. The molecule has 8 heteroatoms. The van der Waals surface area contributed by atoms with Crippen molar-refractivity contribution in [2.45, 2.75) is 23.8 Å². The van der Waals surface area contributed by atoms with E-state index in [4.69, 9.17) is 23.8 Å². The highest BCUT2D eigenvalue weighted by Gasteiger charge is 2.23. The fraction of sp³-hybridized carbons (Fsp3) is 0.417. The van der Waals surface area contributed by atoms with Crippen molar-refractivity contribution in [2.75, 3.05) is 19.4 Å². The lowest BCUT2D eigenvalue weighted by molar-refractivity contribution is 0.521. The monoisotopic (exact) mass is 333 g/mol. The van der Waals surface area contributed by atoms with Crippen molar-refractivity contribution < 1.29 is 8.42 Å². The molecular formula is C12H16ClN3O2S2. The van der Waals surface area contributed by atoms with E-state index in [0.717, 1.165) is 17.1 Å². The summed E-state index contributed by atoms with van der Waals surface area (Å²) in [5.41, 5.74) is 0.591. The Balaban J connectivity index is 2.21. The maximum atomic E-state index is 12.1. The minimum Gasteiger partial charge on any atom is -0.360 e. The normalized spacial score (nSPS) is 15.2. The lowest BCUT2D eigenvalue weighted by Crippen LogP contribution is -2.30. The quantitative estimate of drug-likeness (QED) is 0.826. The molecule has 1 fully saturated rings. The Kier molecular flexibility index (Phi) is 4.53. The van der Waals surface area contributed by atoms with Gasteiger partial charge in [0.2, 0.25) is 10.0 Å². The molecule has 2 N–H and O–H groups in total. The van der Waals surface area contributed by atoms with Crippen LogP contribution in [0.25, 0.3) is 0 Å². The Labute approximate surface area is 129 Å². The van der Waals surface area contributed by atoms with Crippen LogP contribution in [-0.2, 0) is 10.0 Å². The third-order valence-electron chi connectivity index (χ3n) is 2.86. The first-order valence-corrected chi connectivity index (χ1v) is 8.33. The summed E-state index contributed by atoms with van der Waals surface area (Å²) in [6.45, 7) is 0. The van der Waals surface area contributed by atoms with Crippen LogP contribution < -0.4 is 10.6 Å². The zero-order chi connectivity index (χ0) is 14.9. The van der Waals surface area contributed by atoms with Gasteiger partial charge in [-0.05, 0) is 43.3 Å². The fourth-order valence-electron chi connectivity index (χ4n) is 1.56. The Morgan fingerprint density at radius 3 is 2.60 bits per heavy atom. The first-order valence-electron chi connectivity index (χ1n) is 6.10. The Hall–Kier alpha value is -0.890. The number of hydrogen-bond acceptors (Lipinski definition) is 3. The zero-order valence-corrected chi connectivity index (χ0v) is 13.6. The summed E-state index contributed by atoms with van der Waals surface area (Å²) in [6.07, 6.45) is 2.23. The van der Waals surface area contributed by atoms with Gasteiger partial charge in [0.15, 0.2) is 5.11 Å². The van der Waals surface area contributed by atoms with Gasteiger partial charge in [0.05, 0.1) is 5.02 Å². The van der Waals surface area contributed by atoms with Gasteiger partial charge in [-0.3, -0.25) is 0 Å². The van der Waals surface area contributed by atoms with Gasteiger partial charge in [0, 0.05) is 25.8 Å². The van der Waals surface area contributed by atoms with Gasteiger partial charge in [-0.2, -0.15) is 0 Å². The van der Waals surface area contributed by atoms with E-state index in [1.165, 1.54) is 20.2 Å². The molecule has 1 aromatic rings. The van der Waals surface area contributed by atoms with Crippen LogP contribution in [0.1, 0.15) is 12.8 Å². The number of sulfonamides is 1. The molecule has 0 atom stereocenters. The molecule has 0 unspecified atom stereocenters. The molecule has 1 aromatic carbocycles. The van der Waals surface area contributed by atoms with Crippen molar-refractivity contribution in [3.05, 3.63) is 23.2 Å². The maximum Gasteiger partial charge on any atom is 0.244 e. The topological polar surface area (TPSA) is 61.4 Å². The van der Waals surface area contributed by atoms with E-state index in [-0.39, 0.29) is 9.92 Å². The molecular weight excluding hydrogens is 318 g/mol. The molecule has 0 bridgehead atoms. The molecule has 0 aliphatic heterocycles. The molecule has 0 amide bonds. The van der Waals surface area contributed by atoms with E-state index < -0.39 is 10.0 Å². The molecule has 1 aliphatic rings. The van der Waals surface area contributed by atoms with Crippen LogP contribution in [0.3, 0.4) is 0 Å². The van der Waals surface area contributed by atoms with E-state index in [1.54, 1.807) is 12.1 Å². The summed E-state index contributed by atoms with van der Waals surface area (Å²) in [6, 6.07) is 5.16. The Morgan fingerprint density at radius 2 is 2.05 bits per heavy atom. The van der Waals surface area contributed by atoms with Gasteiger partial charge in [0.1, 0.15) is 4.90 Å². The highest BCUT2D eigenvalue weighted by atomic mass is 35.5. The van der Waals surface area contributed by atoms with Gasteiger partial charge in [-0.1, -0.05) is 11.6 Å². The standard InChI is InChI=1S/C12H16ClN3O2S2/c1-16(2)20(17,18)11-7-9(5-6-10(11)13)15-12(19)14-8-3-4-8/h5-8H,3-4H2,1-2H3,(H2,14,15,19). The van der Waals surface area contributed by atoms with Gasteiger partial charge < -0.3 is 10.6 Å². The van der Waals surface area contributed by atoms with Crippen molar-refractivity contribution in [1.82, 2.24) is 9.62 Å². The molecule has 0 spiro atoms. The zero-order valence-electron chi connectivity index (χ0n) is 11.2. The van der Waals surface area contributed by atoms with E-state index in [2.05, 4.69) is 10.6 Å². The first kappa shape index (κ1) is 15.5. The largest absolute Gasteiger partial charge is 0.360 e. The predicted octanol–water partition coefficient (Wildman–Crippen LogP) is 2.04. The number of halogens is 1. The SMILES string of the molecule is CN(C)S(=O)(=O)c1cc(NC(=S)NC2CC2)ccc1Cl. The first-order chi connectivity index (χ1) is 9.30. The second-order valence-corrected chi connectivity index (χ2v) is 7.74. The summed E-state index contributed by atoms with van der Waals surface area (Å²) in [5, 5.41) is 6.77. The van der Waals surface area contributed by atoms with E-state index in [9.17, 15) is 8.42 Å². The predicted molar refractivity (Wildman–Crippen MR) is 84.7 cm³/mol.